The summed E-state index contributed by atoms with van der Waals surface area (Å²) in [5.74, 6) is -0.603. The standard InChI is InChI=1S/C17H25N3O4/c1-17(2,3)16(22)24-20-7-5-19(6-8-20)12-13-9-14(11-18-10-13)15(21)23-4/h9-11H,5-8,12H2,1-4H3. The largest absolute Gasteiger partial charge is 0.465 e. The van der Waals surface area contributed by atoms with E-state index >= 15 is 0 Å². The second-order valence-electron chi connectivity index (χ2n) is 6.91. The molecule has 132 valence electrons. The van der Waals surface area contributed by atoms with E-state index in [0.717, 1.165) is 18.7 Å². The average Bonchev–Trinajstić information content (AvgIpc) is 2.55. The Kier molecular flexibility index (Phi) is 5.90. The Labute approximate surface area is 142 Å². The predicted molar refractivity (Wildman–Crippen MR) is 88.0 cm³/mol. The molecule has 0 bridgehead atoms. The predicted octanol–water partition coefficient (Wildman–Crippen LogP) is 1.49. The molecule has 0 aromatic carbocycles. The number of carbonyl (C=O) groups excluding carboxylic acids is 2. The minimum atomic E-state index is -0.503. The molecule has 0 spiro atoms. The van der Waals surface area contributed by atoms with Gasteiger partial charge in [-0.25, -0.2) is 9.59 Å². The molecule has 1 aliphatic rings. The Morgan fingerprint density at radius 2 is 1.83 bits per heavy atom. The van der Waals surface area contributed by atoms with Gasteiger partial charge in [-0.1, -0.05) is 0 Å². The third kappa shape index (κ3) is 5.01. The van der Waals surface area contributed by atoms with Crippen LogP contribution in [-0.4, -0.2) is 60.2 Å². The molecule has 2 heterocycles. The first kappa shape index (κ1) is 18.4. The molecule has 1 aromatic rings. The second-order valence-corrected chi connectivity index (χ2v) is 6.91. The first-order chi connectivity index (χ1) is 11.3. The molecular weight excluding hydrogens is 310 g/mol. The van der Waals surface area contributed by atoms with Gasteiger partial charge in [0.2, 0.25) is 0 Å². The van der Waals surface area contributed by atoms with Gasteiger partial charge in [-0.2, -0.15) is 0 Å². The number of carbonyl (C=O) groups is 2. The molecule has 7 nitrogen and oxygen atoms in total. The number of hydrogen-bond acceptors (Lipinski definition) is 7. The number of hydroxylamine groups is 2. The third-order valence-electron chi connectivity index (χ3n) is 3.78. The Morgan fingerprint density at radius 3 is 2.42 bits per heavy atom. The van der Waals surface area contributed by atoms with E-state index in [4.69, 9.17) is 9.57 Å². The molecule has 0 aliphatic carbocycles. The first-order valence-electron chi connectivity index (χ1n) is 8.01. The smallest absolute Gasteiger partial charge is 0.339 e. The van der Waals surface area contributed by atoms with Crippen LogP contribution in [0.5, 0.6) is 0 Å². The van der Waals surface area contributed by atoms with E-state index in [-0.39, 0.29) is 11.9 Å². The van der Waals surface area contributed by atoms with Crippen LogP contribution < -0.4 is 0 Å². The molecule has 24 heavy (non-hydrogen) atoms. The lowest BCUT2D eigenvalue weighted by Gasteiger charge is -2.34. The number of methoxy groups -OCH3 is 1. The number of ether oxygens (including phenoxy) is 1. The van der Waals surface area contributed by atoms with Crippen molar-refractivity contribution in [3.63, 3.8) is 0 Å². The molecule has 0 radical (unpaired) electrons. The van der Waals surface area contributed by atoms with Gasteiger partial charge in [0.25, 0.3) is 0 Å². The lowest BCUT2D eigenvalue weighted by atomic mass is 9.98. The van der Waals surface area contributed by atoms with Crippen molar-refractivity contribution in [1.29, 1.82) is 0 Å². The molecule has 0 saturated carbocycles. The summed E-state index contributed by atoms with van der Waals surface area (Å²) >= 11 is 0. The second kappa shape index (κ2) is 7.72. The molecule has 1 aliphatic heterocycles. The third-order valence-corrected chi connectivity index (χ3v) is 3.78. The summed E-state index contributed by atoms with van der Waals surface area (Å²) in [4.78, 5) is 35.2. The van der Waals surface area contributed by atoms with E-state index in [2.05, 4.69) is 9.88 Å². The van der Waals surface area contributed by atoms with Crippen LogP contribution in [0.2, 0.25) is 0 Å². The molecule has 0 amide bonds. The molecular formula is C17H25N3O4. The fourth-order valence-corrected chi connectivity index (χ4v) is 2.29. The number of aromatic nitrogens is 1. The van der Waals surface area contributed by atoms with Crippen LogP contribution in [0.15, 0.2) is 18.5 Å². The van der Waals surface area contributed by atoms with Gasteiger partial charge in [0.1, 0.15) is 0 Å². The van der Waals surface area contributed by atoms with Crippen molar-refractivity contribution in [3.8, 4) is 0 Å². The average molecular weight is 335 g/mol. The molecule has 0 unspecified atom stereocenters. The van der Waals surface area contributed by atoms with Gasteiger partial charge in [-0.05, 0) is 32.4 Å². The highest BCUT2D eigenvalue weighted by Crippen LogP contribution is 2.17. The summed E-state index contributed by atoms with van der Waals surface area (Å²) in [6, 6.07) is 1.80. The molecule has 1 aromatic heterocycles. The summed E-state index contributed by atoms with van der Waals surface area (Å²) in [7, 11) is 1.35. The molecule has 1 fully saturated rings. The number of hydrogen-bond donors (Lipinski definition) is 0. The Balaban J connectivity index is 1.85. The maximum atomic E-state index is 11.9. The maximum Gasteiger partial charge on any atom is 0.339 e. The summed E-state index contributed by atoms with van der Waals surface area (Å²) in [5, 5.41) is 1.72. The highest BCUT2D eigenvalue weighted by atomic mass is 16.7. The monoisotopic (exact) mass is 335 g/mol. The summed E-state index contributed by atoms with van der Waals surface area (Å²) in [5.41, 5.74) is 0.905. The van der Waals surface area contributed by atoms with Crippen LogP contribution >= 0.6 is 0 Å². The Bertz CT molecular complexity index is 590. The zero-order valence-corrected chi connectivity index (χ0v) is 14.7. The van der Waals surface area contributed by atoms with Crippen LogP contribution in [0.1, 0.15) is 36.7 Å². The summed E-state index contributed by atoms with van der Waals surface area (Å²) in [6.45, 7) is 9.09. The van der Waals surface area contributed by atoms with Gasteiger partial charge >= 0.3 is 11.9 Å². The lowest BCUT2D eigenvalue weighted by molar-refractivity contribution is -0.207. The fourth-order valence-electron chi connectivity index (χ4n) is 2.29. The van der Waals surface area contributed by atoms with Crippen molar-refractivity contribution in [2.75, 3.05) is 33.3 Å². The van der Waals surface area contributed by atoms with Crippen molar-refractivity contribution in [1.82, 2.24) is 14.9 Å². The highest BCUT2D eigenvalue weighted by molar-refractivity contribution is 5.89. The zero-order valence-electron chi connectivity index (χ0n) is 14.7. The molecule has 0 atom stereocenters. The van der Waals surface area contributed by atoms with E-state index in [1.54, 1.807) is 17.3 Å². The number of piperazine rings is 1. The first-order valence-corrected chi connectivity index (χ1v) is 8.01. The molecule has 2 rings (SSSR count). The van der Waals surface area contributed by atoms with Crippen LogP contribution in [-0.2, 0) is 20.9 Å². The van der Waals surface area contributed by atoms with Crippen molar-refractivity contribution in [2.45, 2.75) is 27.3 Å². The van der Waals surface area contributed by atoms with Crippen molar-refractivity contribution >= 4 is 11.9 Å². The van der Waals surface area contributed by atoms with Crippen LogP contribution in [0, 0.1) is 5.41 Å². The number of nitrogens with zero attached hydrogens (tertiary/aromatic N) is 3. The van der Waals surface area contributed by atoms with Crippen LogP contribution in [0.3, 0.4) is 0 Å². The van der Waals surface area contributed by atoms with Crippen molar-refractivity contribution < 1.29 is 19.2 Å². The van der Waals surface area contributed by atoms with Gasteiger partial charge in [0, 0.05) is 45.1 Å². The van der Waals surface area contributed by atoms with Gasteiger partial charge < -0.3 is 9.57 Å². The Morgan fingerprint density at radius 1 is 1.17 bits per heavy atom. The fraction of sp³-hybridized carbons (Fsp3) is 0.588. The van der Waals surface area contributed by atoms with Gasteiger partial charge in [0.15, 0.2) is 0 Å². The van der Waals surface area contributed by atoms with Crippen LogP contribution in [0.4, 0.5) is 0 Å². The quantitative estimate of drug-likeness (QED) is 0.772. The van der Waals surface area contributed by atoms with Crippen molar-refractivity contribution in [3.05, 3.63) is 29.6 Å². The highest BCUT2D eigenvalue weighted by Gasteiger charge is 2.27. The minimum absolute atomic E-state index is 0.217. The van der Waals surface area contributed by atoms with Crippen LogP contribution in [0.25, 0.3) is 0 Å². The molecule has 1 saturated heterocycles. The van der Waals surface area contributed by atoms with Gasteiger partial charge in [-0.3, -0.25) is 9.88 Å². The topological polar surface area (TPSA) is 72.0 Å². The lowest BCUT2D eigenvalue weighted by Crippen LogP contribution is -2.47. The van der Waals surface area contributed by atoms with Gasteiger partial charge in [0.05, 0.1) is 18.1 Å². The van der Waals surface area contributed by atoms with E-state index in [1.807, 2.05) is 20.8 Å². The van der Waals surface area contributed by atoms with Crippen molar-refractivity contribution in [2.24, 2.45) is 5.41 Å². The van der Waals surface area contributed by atoms with E-state index < -0.39 is 5.41 Å². The number of rotatable bonds is 4. The number of pyridine rings is 1. The number of esters is 1. The molecule has 0 N–H and O–H groups in total. The van der Waals surface area contributed by atoms with Gasteiger partial charge in [-0.15, -0.1) is 5.06 Å². The van der Waals surface area contributed by atoms with E-state index in [9.17, 15) is 9.59 Å². The minimum Gasteiger partial charge on any atom is -0.465 e. The summed E-state index contributed by atoms with van der Waals surface area (Å²) in [6.07, 6.45) is 3.25. The SMILES string of the molecule is COC(=O)c1cncc(CN2CCN(OC(=O)C(C)(C)C)CC2)c1. The maximum absolute atomic E-state index is 11.9. The normalized spacial score (nSPS) is 16.7. The zero-order chi connectivity index (χ0) is 17.7. The van der Waals surface area contributed by atoms with E-state index in [0.29, 0.717) is 25.2 Å². The Hall–Kier alpha value is -1.99. The summed E-state index contributed by atoms with van der Waals surface area (Å²) < 4.78 is 4.71. The molecule has 7 heteroatoms. The van der Waals surface area contributed by atoms with E-state index in [1.165, 1.54) is 13.3 Å².